The van der Waals surface area contributed by atoms with Crippen LogP contribution in [0.3, 0.4) is 0 Å². The van der Waals surface area contributed by atoms with Crippen LogP contribution in [0.25, 0.3) is 0 Å². The van der Waals surface area contributed by atoms with Gasteiger partial charge in [0.2, 0.25) is 0 Å². The van der Waals surface area contributed by atoms with Gasteiger partial charge in [-0.2, -0.15) is 13.2 Å². The lowest BCUT2D eigenvalue weighted by Crippen LogP contribution is -2.39. The molecule has 0 aliphatic heterocycles. The summed E-state index contributed by atoms with van der Waals surface area (Å²) >= 11 is 5.71. The second-order valence-electron chi connectivity index (χ2n) is 4.02. The first kappa shape index (κ1) is 12.4. The van der Waals surface area contributed by atoms with Crippen LogP contribution in [0.4, 0.5) is 19.0 Å². The minimum Gasteiger partial charge on any atom is -0.393 e. The van der Waals surface area contributed by atoms with Gasteiger partial charge in [-0.05, 0) is 18.9 Å². The van der Waals surface area contributed by atoms with Gasteiger partial charge in [-0.1, -0.05) is 11.6 Å². The molecule has 3 nitrogen and oxygen atoms in total. The Balaban J connectivity index is 2.09. The lowest BCUT2D eigenvalue weighted by molar-refractivity contribution is -0.137. The first-order valence-electron chi connectivity index (χ1n) is 5.03. The fourth-order valence-electron chi connectivity index (χ4n) is 1.60. The molecule has 0 amide bonds. The standard InChI is InChI=1S/C10H10ClF3N2O/c11-8-1-5(10(12,13)14)4-15-9(8)16-6-2-7(17)3-6/h1,4,6-7,17H,2-3H2,(H,15,16). The number of pyridine rings is 1. The largest absolute Gasteiger partial charge is 0.417 e. The molecule has 1 aliphatic carbocycles. The van der Waals surface area contributed by atoms with Crippen LogP contribution in [-0.2, 0) is 6.18 Å². The van der Waals surface area contributed by atoms with E-state index in [4.69, 9.17) is 16.7 Å². The molecule has 2 rings (SSSR count). The smallest absolute Gasteiger partial charge is 0.393 e. The topological polar surface area (TPSA) is 45.1 Å². The number of halogens is 4. The maximum Gasteiger partial charge on any atom is 0.417 e. The summed E-state index contributed by atoms with van der Waals surface area (Å²) in [5.41, 5.74) is -0.873. The van der Waals surface area contributed by atoms with E-state index in [1.54, 1.807) is 0 Å². The molecule has 1 aromatic heterocycles. The molecular formula is C10H10ClF3N2O. The monoisotopic (exact) mass is 266 g/mol. The van der Waals surface area contributed by atoms with Crippen molar-refractivity contribution >= 4 is 17.4 Å². The van der Waals surface area contributed by atoms with E-state index in [-0.39, 0.29) is 23.0 Å². The number of hydrogen-bond donors (Lipinski definition) is 2. The Morgan fingerprint density at radius 2 is 2.06 bits per heavy atom. The third-order valence-corrected chi connectivity index (χ3v) is 2.91. The lowest BCUT2D eigenvalue weighted by Gasteiger charge is -2.32. The maximum atomic E-state index is 12.3. The first-order chi connectivity index (χ1) is 7.86. The van der Waals surface area contributed by atoms with Crippen molar-refractivity contribution in [2.24, 2.45) is 0 Å². The van der Waals surface area contributed by atoms with Gasteiger partial charge < -0.3 is 10.4 Å². The van der Waals surface area contributed by atoms with E-state index in [9.17, 15) is 13.2 Å². The van der Waals surface area contributed by atoms with Gasteiger partial charge in [0.25, 0.3) is 0 Å². The van der Waals surface area contributed by atoms with Gasteiger partial charge in [-0.15, -0.1) is 0 Å². The average Bonchev–Trinajstić information content (AvgIpc) is 2.16. The van der Waals surface area contributed by atoms with E-state index in [1.807, 2.05) is 0 Å². The number of aliphatic hydroxyl groups is 1. The number of aliphatic hydroxyl groups excluding tert-OH is 1. The molecule has 0 unspecified atom stereocenters. The highest BCUT2D eigenvalue weighted by Gasteiger charge is 2.32. The highest BCUT2D eigenvalue weighted by atomic mass is 35.5. The van der Waals surface area contributed by atoms with Crippen LogP contribution in [0, 0.1) is 0 Å². The number of nitrogens with one attached hydrogen (secondary N) is 1. The van der Waals surface area contributed by atoms with Crippen molar-refractivity contribution in [2.75, 3.05) is 5.32 Å². The fraction of sp³-hybridized carbons (Fsp3) is 0.500. The molecule has 1 heterocycles. The molecule has 94 valence electrons. The summed E-state index contributed by atoms with van der Waals surface area (Å²) in [6.45, 7) is 0. The maximum absolute atomic E-state index is 12.3. The molecule has 1 saturated carbocycles. The lowest BCUT2D eigenvalue weighted by atomic mass is 9.89. The van der Waals surface area contributed by atoms with Gasteiger partial charge in [-0.25, -0.2) is 4.98 Å². The van der Waals surface area contributed by atoms with Gasteiger partial charge in [0, 0.05) is 12.2 Å². The Labute approximate surface area is 101 Å². The summed E-state index contributed by atoms with van der Waals surface area (Å²) in [5.74, 6) is 0.219. The van der Waals surface area contributed by atoms with Crippen LogP contribution in [0.2, 0.25) is 5.02 Å². The van der Waals surface area contributed by atoms with Crippen molar-refractivity contribution in [3.8, 4) is 0 Å². The van der Waals surface area contributed by atoms with Gasteiger partial charge >= 0.3 is 6.18 Å². The molecule has 0 radical (unpaired) electrons. The zero-order valence-electron chi connectivity index (χ0n) is 8.63. The van der Waals surface area contributed by atoms with Crippen molar-refractivity contribution in [3.63, 3.8) is 0 Å². The number of aromatic nitrogens is 1. The van der Waals surface area contributed by atoms with E-state index in [0.717, 1.165) is 12.3 Å². The molecule has 7 heteroatoms. The molecule has 0 aromatic carbocycles. The number of anilines is 1. The molecule has 1 aliphatic rings. The number of nitrogens with zero attached hydrogens (tertiary/aromatic N) is 1. The van der Waals surface area contributed by atoms with E-state index in [1.165, 1.54) is 0 Å². The average molecular weight is 267 g/mol. The number of rotatable bonds is 2. The highest BCUT2D eigenvalue weighted by Crippen LogP contribution is 2.33. The van der Waals surface area contributed by atoms with Crippen molar-refractivity contribution in [3.05, 3.63) is 22.8 Å². The third kappa shape index (κ3) is 2.81. The minimum absolute atomic E-state index is 0.0201. The molecule has 17 heavy (non-hydrogen) atoms. The Morgan fingerprint density at radius 1 is 1.41 bits per heavy atom. The summed E-state index contributed by atoms with van der Waals surface area (Å²) in [7, 11) is 0. The van der Waals surface area contributed by atoms with Crippen LogP contribution >= 0.6 is 11.6 Å². The van der Waals surface area contributed by atoms with Crippen LogP contribution in [-0.4, -0.2) is 22.2 Å². The number of alkyl halides is 3. The first-order valence-corrected chi connectivity index (χ1v) is 5.41. The van der Waals surface area contributed by atoms with Gasteiger partial charge in [-0.3, -0.25) is 0 Å². The molecular weight excluding hydrogens is 257 g/mol. The molecule has 0 saturated heterocycles. The zero-order valence-corrected chi connectivity index (χ0v) is 9.39. The summed E-state index contributed by atoms with van der Waals surface area (Å²) < 4.78 is 37.0. The Kier molecular flexibility index (Phi) is 3.18. The van der Waals surface area contributed by atoms with Gasteiger partial charge in [0.15, 0.2) is 0 Å². The van der Waals surface area contributed by atoms with Crippen molar-refractivity contribution < 1.29 is 18.3 Å². The second-order valence-corrected chi connectivity index (χ2v) is 4.43. The Hall–Kier alpha value is -1.01. The normalized spacial score (nSPS) is 24.3. The molecule has 1 aromatic rings. The summed E-state index contributed by atoms with van der Waals surface area (Å²) in [5, 5.41) is 11.9. The second kappa shape index (κ2) is 4.34. The molecule has 0 spiro atoms. The van der Waals surface area contributed by atoms with Crippen LogP contribution in [0.15, 0.2) is 12.3 Å². The predicted molar refractivity (Wildman–Crippen MR) is 56.9 cm³/mol. The Morgan fingerprint density at radius 3 is 2.53 bits per heavy atom. The van der Waals surface area contributed by atoms with E-state index in [0.29, 0.717) is 12.8 Å². The number of hydrogen-bond acceptors (Lipinski definition) is 3. The predicted octanol–water partition coefficient (Wildman–Crippen LogP) is 2.69. The molecule has 1 fully saturated rings. The van der Waals surface area contributed by atoms with Crippen molar-refractivity contribution in [1.82, 2.24) is 4.98 Å². The summed E-state index contributed by atoms with van der Waals surface area (Å²) in [4.78, 5) is 3.65. The zero-order chi connectivity index (χ0) is 12.6. The van der Waals surface area contributed by atoms with Gasteiger partial charge in [0.05, 0.1) is 16.7 Å². The Bertz CT molecular complexity index is 419. The molecule has 0 atom stereocenters. The molecule has 0 bridgehead atoms. The van der Waals surface area contributed by atoms with Crippen LogP contribution in [0.1, 0.15) is 18.4 Å². The van der Waals surface area contributed by atoms with E-state index in [2.05, 4.69) is 10.3 Å². The van der Waals surface area contributed by atoms with Crippen molar-refractivity contribution in [2.45, 2.75) is 31.2 Å². The quantitative estimate of drug-likeness (QED) is 0.865. The minimum atomic E-state index is -4.44. The molecule has 2 N–H and O–H groups in total. The van der Waals surface area contributed by atoms with Gasteiger partial charge in [0.1, 0.15) is 5.82 Å². The van der Waals surface area contributed by atoms with Crippen LogP contribution < -0.4 is 5.32 Å². The van der Waals surface area contributed by atoms with Crippen LogP contribution in [0.5, 0.6) is 0 Å². The van der Waals surface area contributed by atoms with E-state index >= 15 is 0 Å². The third-order valence-electron chi connectivity index (χ3n) is 2.62. The fourth-order valence-corrected chi connectivity index (χ4v) is 1.82. The van der Waals surface area contributed by atoms with Crippen molar-refractivity contribution in [1.29, 1.82) is 0 Å². The summed E-state index contributed by atoms with van der Waals surface area (Å²) in [6, 6.07) is 0.859. The summed E-state index contributed by atoms with van der Waals surface area (Å²) in [6.07, 6.45) is -2.94. The van der Waals surface area contributed by atoms with E-state index < -0.39 is 11.7 Å². The highest BCUT2D eigenvalue weighted by molar-refractivity contribution is 6.33. The SMILES string of the molecule is OC1CC(Nc2ncc(C(F)(F)F)cc2Cl)C1.